The fourth-order valence-corrected chi connectivity index (χ4v) is 5.52. The molecule has 1 N–H and O–H groups in total. The molecule has 1 amide bonds. The molecule has 2 heterocycles. The average Bonchev–Trinajstić information content (AvgIpc) is 2.83. The lowest BCUT2D eigenvalue weighted by Gasteiger charge is -2.45. The Bertz CT molecular complexity index is 1140. The zero-order valence-electron chi connectivity index (χ0n) is 19.8. The van der Waals surface area contributed by atoms with Crippen LogP contribution < -0.4 is 0 Å². The minimum atomic E-state index is -1.18. The van der Waals surface area contributed by atoms with Crippen molar-refractivity contribution in [1.82, 2.24) is 9.80 Å². The van der Waals surface area contributed by atoms with Crippen LogP contribution in [0.3, 0.4) is 0 Å². The summed E-state index contributed by atoms with van der Waals surface area (Å²) in [7, 11) is 0. The Labute approximate surface area is 202 Å². The fraction of sp³-hybridized carbons (Fsp3) is 0.407. The number of carbonyl (C=O) groups is 2. The van der Waals surface area contributed by atoms with Crippen molar-refractivity contribution in [2.45, 2.75) is 57.5 Å². The highest BCUT2D eigenvalue weighted by Gasteiger charge is 2.41. The first-order chi connectivity index (χ1) is 16.7. The standard InChI is InChI=1S/C27H29F3N2O3/c1-3-24(31-12-10-18(11-13-31)17-4-7-20(28)8-5-17)32-16(2)26(27(34)35)21(15-25(32)33)19-6-9-22(29)23(30)14-19/h4-9,14,18,21,24H,3,10-13,15H2,1-2H3,(H,34,35). The molecule has 0 radical (unpaired) electrons. The number of amides is 1. The lowest BCUT2D eigenvalue weighted by atomic mass is 9.83. The Morgan fingerprint density at radius 3 is 2.23 bits per heavy atom. The van der Waals surface area contributed by atoms with E-state index in [4.69, 9.17) is 0 Å². The van der Waals surface area contributed by atoms with Gasteiger partial charge in [0.25, 0.3) is 0 Å². The highest BCUT2D eigenvalue weighted by atomic mass is 19.2. The number of benzene rings is 2. The number of allylic oxidation sites excluding steroid dienone is 1. The first-order valence-electron chi connectivity index (χ1n) is 11.9. The molecule has 1 saturated heterocycles. The second kappa shape index (κ2) is 10.2. The third-order valence-electron chi connectivity index (χ3n) is 7.28. The predicted molar refractivity (Wildman–Crippen MR) is 125 cm³/mol. The van der Waals surface area contributed by atoms with Crippen molar-refractivity contribution in [2.75, 3.05) is 13.1 Å². The summed E-state index contributed by atoms with van der Waals surface area (Å²) in [5, 5.41) is 10.0. The van der Waals surface area contributed by atoms with Crippen molar-refractivity contribution in [3.63, 3.8) is 0 Å². The van der Waals surface area contributed by atoms with Gasteiger partial charge in [0.2, 0.25) is 5.91 Å². The van der Waals surface area contributed by atoms with Gasteiger partial charge in [0, 0.05) is 31.1 Å². The Kier molecular flexibility index (Phi) is 7.31. The molecule has 0 bridgehead atoms. The maximum atomic E-state index is 13.9. The van der Waals surface area contributed by atoms with Gasteiger partial charge in [-0.2, -0.15) is 0 Å². The number of carboxylic acid groups (broad SMARTS) is 1. The number of carboxylic acids is 1. The van der Waals surface area contributed by atoms with Gasteiger partial charge in [-0.3, -0.25) is 14.6 Å². The van der Waals surface area contributed by atoms with Crippen LogP contribution in [0.1, 0.15) is 62.5 Å². The van der Waals surface area contributed by atoms with Crippen LogP contribution >= 0.6 is 0 Å². The number of halogens is 3. The van der Waals surface area contributed by atoms with E-state index in [1.807, 2.05) is 19.1 Å². The molecule has 2 aromatic rings. The third-order valence-corrected chi connectivity index (χ3v) is 7.28. The first kappa shape index (κ1) is 25.0. The molecule has 186 valence electrons. The summed E-state index contributed by atoms with van der Waals surface area (Å²) in [6.45, 7) is 5.00. The number of hydrogen-bond donors (Lipinski definition) is 1. The topological polar surface area (TPSA) is 60.9 Å². The second-order valence-corrected chi connectivity index (χ2v) is 9.25. The van der Waals surface area contributed by atoms with Gasteiger partial charge in [-0.15, -0.1) is 0 Å². The van der Waals surface area contributed by atoms with E-state index < -0.39 is 23.5 Å². The number of carbonyl (C=O) groups excluding carboxylic acids is 1. The fourth-order valence-electron chi connectivity index (χ4n) is 5.52. The van der Waals surface area contributed by atoms with Crippen LogP contribution in [0.2, 0.25) is 0 Å². The van der Waals surface area contributed by atoms with Gasteiger partial charge in [-0.05, 0) is 67.5 Å². The summed E-state index contributed by atoms with van der Waals surface area (Å²) in [6, 6.07) is 9.81. The van der Waals surface area contributed by atoms with Crippen LogP contribution in [0.25, 0.3) is 0 Å². The van der Waals surface area contributed by atoms with Gasteiger partial charge < -0.3 is 5.11 Å². The van der Waals surface area contributed by atoms with Crippen molar-refractivity contribution >= 4 is 11.9 Å². The molecular formula is C27H29F3N2O3. The van der Waals surface area contributed by atoms with Crippen LogP contribution in [-0.2, 0) is 9.59 Å². The van der Waals surface area contributed by atoms with Crippen molar-refractivity contribution in [2.24, 2.45) is 0 Å². The maximum Gasteiger partial charge on any atom is 0.333 e. The van der Waals surface area contributed by atoms with Crippen molar-refractivity contribution in [3.05, 3.63) is 82.3 Å². The zero-order valence-corrected chi connectivity index (χ0v) is 19.8. The normalized spacial score (nSPS) is 20.9. The molecule has 2 aliphatic rings. The van der Waals surface area contributed by atoms with E-state index in [1.54, 1.807) is 11.8 Å². The summed E-state index contributed by atoms with van der Waals surface area (Å²) in [4.78, 5) is 29.4. The van der Waals surface area contributed by atoms with Gasteiger partial charge >= 0.3 is 5.97 Å². The van der Waals surface area contributed by atoms with E-state index in [9.17, 15) is 27.9 Å². The van der Waals surface area contributed by atoms with Gasteiger partial charge in [0.1, 0.15) is 5.82 Å². The van der Waals surface area contributed by atoms with Crippen LogP contribution in [0.5, 0.6) is 0 Å². The highest BCUT2D eigenvalue weighted by Crippen LogP contribution is 2.39. The molecule has 0 spiro atoms. The Balaban J connectivity index is 1.58. The van der Waals surface area contributed by atoms with Crippen molar-refractivity contribution < 1.29 is 27.9 Å². The number of hydrogen-bond acceptors (Lipinski definition) is 3. The second-order valence-electron chi connectivity index (χ2n) is 9.25. The first-order valence-corrected chi connectivity index (χ1v) is 11.9. The molecule has 0 aromatic heterocycles. The summed E-state index contributed by atoms with van der Waals surface area (Å²) in [5.74, 6) is -4.34. The van der Waals surface area contributed by atoms with Gasteiger partial charge in [0.15, 0.2) is 11.6 Å². The predicted octanol–water partition coefficient (Wildman–Crippen LogP) is 5.39. The molecule has 0 saturated carbocycles. The van der Waals surface area contributed by atoms with E-state index in [0.29, 0.717) is 31.1 Å². The number of piperidine rings is 1. The maximum absolute atomic E-state index is 13.9. The van der Waals surface area contributed by atoms with Crippen molar-refractivity contribution in [1.29, 1.82) is 0 Å². The molecule has 5 nitrogen and oxygen atoms in total. The number of nitrogens with zero attached hydrogens (tertiary/aromatic N) is 2. The highest BCUT2D eigenvalue weighted by molar-refractivity contribution is 5.94. The minimum Gasteiger partial charge on any atom is -0.478 e. The monoisotopic (exact) mass is 486 g/mol. The van der Waals surface area contributed by atoms with E-state index in [0.717, 1.165) is 30.5 Å². The zero-order chi connectivity index (χ0) is 25.3. The molecule has 2 atom stereocenters. The summed E-state index contributed by atoms with van der Waals surface area (Å²) in [6.07, 6.45) is 1.85. The SMILES string of the molecule is CCC(N1CCC(c2ccc(F)cc2)CC1)N1C(=O)CC(c2ccc(F)c(F)c2)C(C(=O)O)=C1C. The lowest BCUT2D eigenvalue weighted by molar-refractivity contribution is -0.138. The van der Waals surface area contributed by atoms with E-state index >= 15 is 0 Å². The molecular weight excluding hydrogens is 457 g/mol. The molecule has 2 aliphatic heterocycles. The molecule has 35 heavy (non-hydrogen) atoms. The van der Waals surface area contributed by atoms with Gasteiger partial charge in [-0.25, -0.2) is 18.0 Å². The van der Waals surface area contributed by atoms with E-state index in [1.165, 1.54) is 18.2 Å². The number of likely N-dealkylation sites (tertiary alicyclic amines) is 1. The molecule has 0 aliphatic carbocycles. The number of aliphatic carboxylic acids is 1. The Hall–Kier alpha value is -3.13. The average molecular weight is 487 g/mol. The van der Waals surface area contributed by atoms with E-state index in [2.05, 4.69) is 4.90 Å². The van der Waals surface area contributed by atoms with Crippen LogP contribution in [-0.4, -0.2) is 46.0 Å². The third kappa shape index (κ3) is 4.98. The van der Waals surface area contributed by atoms with Crippen LogP contribution in [0.4, 0.5) is 13.2 Å². The van der Waals surface area contributed by atoms with Crippen LogP contribution in [0, 0.1) is 17.5 Å². The minimum absolute atomic E-state index is 0.0234. The number of rotatable bonds is 6. The Morgan fingerprint density at radius 1 is 1.03 bits per heavy atom. The lowest BCUT2D eigenvalue weighted by Crippen LogP contribution is -2.54. The molecule has 2 aromatic carbocycles. The van der Waals surface area contributed by atoms with Crippen LogP contribution in [0.15, 0.2) is 53.7 Å². The molecule has 1 fully saturated rings. The van der Waals surface area contributed by atoms with E-state index in [-0.39, 0.29) is 35.4 Å². The van der Waals surface area contributed by atoms with Crippen molar-refractivity contribution in [3.8, 4) is 0 Å². The summed E-state index contributed by atoms with van der Waals surface area (Å²) < 4.78 is 40.6. The Morgan fingerprint density at radius 2 is 1.66 bits per heavy atom. The summed E-state index contributed by atoms with van der Waals surface area (Å²) >= 11 is 0. The molecule has 2 unspecified atom stereocenters. The van der Waals surface area contributed by atoms with Gasteiger partial charge in [0.05, 0.1) is 11.7 Å². The smallest absolute Gasteiger partial charge is 0.333 e. The quantitative estimate of drug-likeness (QED) is 0.595. The molecule has 4 rings (SSSR count). The summed E-state index contributed by atoms with van der Waals surface area (Å²) in [5.41, 5.74) is 1.71. The van der Waals surface area contributed by atoms with Gasteiger partial charge in [-0.1, -0.05) is 25.1 Å². The largest absolute Gasteiger partial charge is 0.478 e. The molecule has 8 heteroatoms.